The van der Waals surface area contributed by atoms with Crippen LogP contribution >= 0.6 is 0 Å². The molecule has 1 fully saturated rings. The van der Waals surface area contributed by atoms with Crippen LogP contribution in [0.4, 0.5) is 5.95 Å². The third-order valence-corrected chi connectivity index (χ3v) is 4.71. The molecule has 0 aliphatic carbocycles. The third-order valence-electron chi connectivity index (χ3n) is 4.71. The Morgan fingerprint density at radius 1 is 1.07 bits per heavy atom. The quantitative estimate of drug-likeness (QED) is 0.528. The summed E-state index contributed by atoms with van der Waals surface area (Å²) in [4.78, 5) is 22.5. The zero-order valence-electron chi connectivity index (χ0n) is 16.5. The van der Waals surface area contributed by atoms with Crippen molar-refractivity contribution in [2.24, 2.45) is 4.99 Å². The fourth-order valence-electron chi connectivity index (χ4n) is 3.25. The Kier molecular flexibility index (Phi) is 5.99. The van der Waals surface area contributed by atoms with Gasteiger partial charge in [0.2, 0.25) is 11.8 Å². The summed E-state index contributed by atoms with van der Waals surface area (Å²) in [6.45, 7) is 6.80. The molecule has 1 aromatic carbocycles. The van der Waals surface area contributed by atoms with Gasteiger partial charge < -0.3 is 19.5 Å². The maximum atomic E-state index is 5.62. The number of rotatable bonds is 5. The van der Waals surface area contributed by atoms with Crippen LogP contribution in [0.5, 0.6) is 0 Å². The normalized spacial score (nSPS) is 14.9. The lowest BCUT2D eigenvalue weighted by Crippen LogP contribution is -2.53. The summed E-state index contributed by atoms with van der Waals surface area (Å²) in [5.41, 5.74) is 1.78. The minimum Gasteiger partial charge on any atom is -0.444 e. The minimum absolute atomic E-state index is 0.473. The van der Waals surface area contributed by atoms with Crippen LogP contribution < -0.4 is 10.2 Å². The van der Waals surface area contributed by atoms with E-state index in [-0.39, 0.29) is 0 Å². The summed E-state index contributed by atoms with van der Waals surface area (Å²) < 4.78 is 5.62. The van der Waals surface area contributed by atoms with Gasteiger partial charge in [-0.25, -0.2) is 19.9 Å². The van der Waals surface area contributed by atoms with E-state index >= 15 is 0 Å². The van der Waals surface area contributed by atoms with Crippen LogP contribution in [0.1, 0.15) is 12.6 Å². The molecule has 1 aliphatic rings. The fourth-order valence-corrected chi connectivity index (χ4v) is 3.25. The van der Waals surface area contributed by atoms with Crippen molar-refractivity contribution in [2.75, 3.05) is 37.6 Å². The van der Waals surface area contributed by atoms with Gasteiger partial charge in [0.05, 0.1) is 6.54 Å². The number of hydrogen-bond acceptors (Lipinski definition) is 6. The van der Waals surface area contributed by atoms with E-state index in [1.54, 1.807) is 18.7 Å². The van der Waals surface area contributed by atoms with Crippen LogP contribution in [-0.4, -0.2) is 58.5 Å². The number of guanidine groups is 1. The molecule has 3 aromatic rings. The second-order valence-corrected chi connectivity index (χ2v) is 6.70. The SMILES string of the molecule is CCNC(=NCc1coc(-c2ccccc2)n1)N1CCN(c2ncccn2)CC1. The smallest absolute Gasteiger partial charge is 0.226 e. The van der Waals surface area contributed by atoms with Gasteiger partial charge in [0.1, 0.15) is 12.0 Å². The molecule has 0 saturated carbocycles. The van der Waals surface area contributed by atoms with Gasteiger partial charge in [-0.1, -0.05) is 18.2 Å². The lowest BCUT2D eigenvalue weighted by molar-refractivity contribution is 0.370. The number of aliphatic imine (C=N–C) groups is 1. The summed E-state index contributed by atoms with van der Waals surface area (Å²) in [6, 6.07) is 11.7. The van der Waals surface area contributed by atoms with Gasteiger partial charge in [-0.3, -0.25) is 0 Å². The molecule has 0 radical (unpaired) electrons. The summed E-state index contributed by atoms with van der Waals surface area (Å²) in [7, 11) is 0. The Morgan fingerprint density at radius 3 is 2.55 bits per heavy atom. The molecule has 8 heteroatoms. The standard InChI is InChI=1S/C21H25N7O/c1-2-22-20(27-11-13-28(14-12-27)21-23-9-6-10-24-21)25-15-18-16-29-19(26-18)17-7-4-3-5-8-17/h3-10,16H,2,11-15H2,1H3,(H,22,25). The molecule has 1 saturated heterocycles. The number of nitrogens with one attached hydrogen (secondary N) is 1. The van der Waals surface area contributed by atoms with Crippen molar-refractivity contribution in [1.29, 1.82) is 0 Å². The number of aromatic nitrogens is 3. The number of benzene rings is 1. The van der Waals surface area contributed by atoms with Gasteiger partial charge in [0.25, 0.3) is 0 Å². The van der Waals surface area contributed by atoms with E-state index in [1.165, 1.54) is 0 Å². The van der Waals surface area contributed by atoms with E-state index in [4.69, 9.17) is 9.41 Å². The maximum absolute atomic E-state index is 5.62. The number of oxazole rings is 1. The monoisotopic (exact) mass is 391 g/mol. The van der Waals surface area contributed by atoms with Gasteiger partial charge in [0.15, 0.2) is 5.96 Å². The first-order chi connectivity index (χ1) is 14.3. The number of piperazine rings is 1. The van der Waals surface area contributed by atoms with Gasteiger partial charge in [-0.15, -0.1) is 0 Å². The second kappa shape index (κ2) is 9.18. The van der Waals surface area contributed by atoms with Crippen LogP contribution in [0.3, 0.4) is 0 Å². The molecule has 0 bridgehead atoms. The first-order valence-corrected chi connectivity index (χ1v) is 9.88. The largest absolute Gasteiger partial charge is 0.444 e. The zero-order chi connectivity index (χ0) is 19.9. The topological polar surface area (TPSA) is 82.7 Å². The minimum atomic E-state index is 0.473. The van der Waals surface area contributed by atoms with E-state index in [2.05, 4.69) is 37.0 Å². The van der Waals surface area contributed by atoms with Crippen molar-refractivity contribution in [2.45, 2.75) is 13.5 Å². The highest BCUT2D eigenvalue weighted by atomic mass is 16.3. The molecule has 3 heterocycles. The summed E-state index contributed by atoms with van der Waals surface area (Å²) in [6.07, 6.45) is 5.24. The molecule has 0 spiro atoms. The highest BCUT2D eigenvalue weighted by Gasteiger charge is 2.21. The molecule has 0 unspecified atom stereocenters. The maximum Gasteiger partial charge on any atom is 0.226 e. The molecular weight excluding hydrogens is 366 g/mol. The lowest BCUT2D eigenvalue weighted by Gasteiger charge is -2.36. The molecule has 150 valence electrons. The Hall–Kier alpha value is -3.42. The molecule has 29 heavy (non-hydrogen) atoms. The van der Waals surface area contributed by atoms with Crippen molar-refractivity contribution in [3.8, 4) is 11.5 Å². The fraction of sp³-hybridized carbons (Fsp3) is 0.333. The highest BCUT2D eigenvalue weighted by Crippen LogP contribution is 2.18. The average molecular weight is 391 g/mol. The molecule has 8 nitrogen and oxygen atoms in total. The Balaban J connectivity index is 1.39. The Labute approximate surface area is 170 Å². The summed E-state index contributed by atoms with van der Waals surface area (Å²) in [5.74, 6) is 2.30. The van der Waals surface area contributed by atoms with Gasteiger partial charge >= 0.3 is 0 Å². The van der Waals surface area contributed by atoms with Crippen molar-refractivity contribution in [1.82, 2.24) is 25.2 Å². The highest BCUT2D eigenvalue weighted by molar-refractivity contribution is 5.80. The summed E-state index contributed by atoms with van der Waals surface area (Å²) >= 11 is 0. The first kappa shape index (κ1) is 18.9. The van der Waals surface area contributed by atoms with Gasteiger partial charge in [-0.2, -0.15) is 0 Å². The first-order valence-electron chi connectivity index (χ1n) is 9.88. The Morgan fingerprint density at radius 2 is 1.83 bits per heavy atom. The summed E-state index contributed by atoms with van der Waals surface area (Å²) in [5, 5.41) is 3.38. The van der Waals surface area contributed by atoms with E-state index in [9.17, 15) is 0 Å². The van der Waals surface area contributed by atoms with Gasteiger partial charge in [0, 0.05) is 50.7 Å². The molecule has 0 atom stereocenters. The molecule has 2 aromatic heterocycles. The van der Waals surface area contributed by atoms with Gasteiger partial charge in [-0.05, 0) is 25.1 Å². The van der Waals surface area contributed by atoms with Crippen molar-refractivity contribution < 1.29 is 4.42 Å². The van der Waals surface area contributed by atoms with Crippen LogP contribution in [0.15, 0.2) is 64.5 Å². The molecule has 1 N–H and O–H groups in total. The van der Waals surface area contributed by atoms with Crippen LogP contribution in [0, 0.1) is 0 Å². The third kappa shape index (κ3) is 4.71. The van der Waals surface area contributed by atoms with Crippen LogP contribution in [-0.2, 0) is 6.54 Å². The number of nitrogens with zero attached hydrogens (tertiary/aromatic N) is 6. The van der Waals surface area contributed by atoms with Crippen LogP contribution in [0.25, 0.3) is 11.5 Å². The lowest BCUT2D eigenvalue weighted by atomic mass is 10.2. The van der Waals surface area contributed by atoms with Crippen molar-refractivity contribution >= 4 is 11.9 Å². The van der Waals surface area contributed by atoms with E-state index in [0.717, 1.165) is 55.9 Å². The molecule has 0 amide bonds. The predicted octanol–water partition coefficient (Wildman–Crippen LogP) is 2.42. The van der Waals surface area contributed by atoms with Crippen molar-refractivity contribution in [3.05, 3.63) is 60.7 Å². The average Bonchev–Trinajstić information content (AvgIpc) is 3.27. The number of anilines is 1. The Bertz CT molecular complexity index is 918. The molecule has 1 aliphatic heterocycles. The predicted molar refractivity (Wildman–Crippen MR) is 113 cm³/mol. The second-order valence-electron chi connectivity index (χ2n) is 6.70. The van der Waals surface area contributed by atoms with Crippen molar-refractivity contribution in [3.63, 3.8) is 0 Å². The van der Waals surface area contributed by atoms with E-state index < -0.39 is 0 Å². The van der Waals surface area contributed by atoms with E-state index in [0.29, 0.717) is 12.4 Å². The zero-order valence-corrected chi connectivity index (χ0v) is 16.5. The van der Waals surface area contributed by atoms with E-state index in [1.807, 2.05) is 36.4 Å². The van der Waals surface area contributed by atoms with Crippen LogP contribution in [0.2, 0.25) is 0 Å². The number of hydrogen-bond donors (Lipinski definition) is 1. The molecular formula is C21H25N7O. The molecule has 4 rings (SSSR count).